The summed E-state index contributed by atoms with van der Waals surface area (Å²) in [6, 6.07) is 15.1. The minimum atomic E-state index is -0.654. The molecule has 3 rings (SSSR count). The van der Waals surface area contributed by atoms with Crippen molar-refractivity contribution in [1.29, 1.82) is 0 Å². The molecule has 0 aliphatic carbocycles. The van der Waals surface area contributed by atoms with E-state index in [1.54, 1.807) is 0 Å². The number of hydrogen-bond donors (Lipinski definition) is 3. The number of amides is 2. The van der Waals surface area contributed by atoms with Crippen LogP contribution in [-0.2, 0) is 21.4 Å². The molecule has 3 aromatic rings. The van der Waals surface area contributed by atoms with Crippen LogP contribution in [-0.4, -0.2) is 22.8 Å². The number of anilines is 1. The van der Waals surface area contributed by atoms with Crippen molar-refractivity contribution in [3.63, 3.8) is 0 Å². The van der Waals surface area contributed by atoms with E-state index in [1.807, 2.05) is 54.7 Å². The van der Waals surface area contributed by atoms with Gasteiger partial charge in [-0.2, -0.15) is 0 Å². The molecule has 5 heteroatoms. The van der Waals surface area contributed by atoms with Crippen molar-refractivity contribution in [3.8, 4) is 0 Å². The zero-order valence-corrected chi connectivity index (χ0v) is 16.8. The van der Waals surface area contributed by atoms with Crippen LogP contribution < -0.4 is 10.6 Å². The standard InChI is InChI=1S/C23H27N3O2/c1-15(27)25-21(13-16-14-24-20-8-6-5-7-19(16)20)22(28)26-18-11-9-17(10-12-18)23(2,3)4/h5-12,14,21,24H,13H2,1-4H3,(H,25,27)(H,26,28). The molecular formula is C23H27N3O2. The van der Waals surface area contributed by atoms with Crippen molar-refractivity contribution in [2.45, 2.75) is 45.6 Å². The lowest BCUT2D eigenvalue weighted by Crippen LogP contribution is -2.44. The zero-order chi connectivity index (χ0) is 20.3. The average molecular weight is 377 g/mol. The second kappa shape index (κ2) is 7.89. The van der Waals surface area contributed by atoms with Gasteiger partial charge in [0.15, 0.2) is 0 Å². The molecule has 1 heterocycles. The number of rotatable bonds is 5. The van der Waals surface area contributed by atoms with E-state index in [2.05, 4.69) is 36.4 Å². The second-order valence-corrected chi connectivity index (χ2v) is 8.13. The van der Waals surface area contributed by atoms with Crippen LogP contribution in [0.5, 0.6) is 0 Å². The Hall–Kier alpha value is -3.08. The van der Waals surface area contributed by atoms with Gasteiger partial charge in [-0.05, 0) is 34.7 Å². The third-order valence-corrected chi connectivity index (χ3v) is 4.81. The van der Waals surface area contributed by atoms with Crippen LogP contribution >= 0.6 is 0 Å². The Labute approximate surface area is 165 Å². The fourth-order valence-corrected chi connectivity index (χ4v) is 3.26. The lowest BCUT2D eigenvalue weighted by Gasteiger charge is -2.20. The highest BCUT2D eigenvalue weighted by Gasteiger charge is 2.22. The highest BCUT2D eigenvalue weighted by molar-refractivity contribution is 5.97. The monoisotopic (exact) mass is 377 g/mol. The molecule has 2 aromatic carbocycles. The van der Waals surface area contributed by atoms with Gasteiger partial charge in [-0.25, -0.2) is 0 Å². The zero-order valence-electron chi connectivity index (χ0n) is 16.8. The summed E-state index contributed by atoms with van der Waals surface area (Å²) in [5.74, 6) is -0.466. The first-order valence-electron chi connectivity index (χ1n) is 9.47. The van der Waals surface area contributed by atoms with E-state index in [0.717, 1.165) is 16.5 Å². The molecule has 3 N–H and O–H groups in total. The molecule has 0 radical (unpaired) electrons. The predicted molar refractivity (Wildman–Crippen MR) is 113 cm³/mol. The van der Waals surface area contributed by atoms with E-state index in [0.29, 0.717) is 12.1 Å². The van der Waals surface area contributed by atoms with Gasteiger partial charge in [-0.1, -0.05) is 51.1 Å². The van der Waals surface area contributed by atoms with E-state index in [4.69, 9.17) is 0 Å². The van der Waals surface area contributed by atoms with Gasteiger partial charge in [-0.15, -0.1) is 0 Å². The molecule has 1 atom stereocenters. The Morgan fingerprint density at radius 3 is 2.36 bits per heavy atom. The number of aromatic nitrogens is 1. The maximum Gasteiger partial charge on any atom is 0.247 e. The number of fused-ring (bicyclic) bond motifs is 1. The molecule has 0 spiro atoms. The molecule has 0 bridgehead atoms. The molecule has 0 fully saturated rings. The van der Waals surface area contributed by atoms with Crippen LogP contribution in [0.25, 0.3) is 10.9 Å². The van der Waals surface area contributed by atoms with E-state index in [1.165, 1.54) is 12.5 Å². The van der Waals surface area contributed by atoms with Gasteiger partial charge in [0, 0.05) is 36.1 Å². The Bertz CT molecular complexity index is 981. The minimum absolute atomic E-state index is 0.0522. The summed E-state index contributed by atoms with van der Waals surface area (Å²) in [7, 11) is 0. The topological polar surface area (TPSA) is 74.0 Å². The number of nitrogens with one attached hydrogen (secondary N) is 3. The lowest BCUT2D eigenvalue weighted by molar-refractivity contribution is -0.125. The van der Waals surface area contributed by atoms with Crippen molar-refractivity contribution in [2.24, 2.45) is 0 Å². The van der Waals surface area contributed by atoms with Gasteiger partial charge in [0.25, 0.3) is 0 Å². The number of aromatic amines is 1. The van der Waals surface area contributed by atoms with E-state index < -0.39 is 6.04 Å². The first-order valence-corrected chi connectivity index (χ1v) is 9.47. The van der Waals surface area contributed by atoms with Crippen molar-refractivity contribution < 1.29 is 9.59 Å². The summed E-state index contributed by atoms with van der Waals surface area (Å²) in [6.07, 6.45) is 2.31. The molecule has 0 aliphatic heterocycles. The number of para-hydroxylation sites is 1. The predicted octanol–water partition coefficient (Wildman–Crippen LogP) is 4.15. The van der Waals surface area contributed by atoms with Crippen LogP contribution in [0.4, 0.5) is 5.69 Å². The fourth-order valence-electron chi connectivity index (χ4n) is 3.26. The van der Waals surface area contributed by atoms with Crippen molar-refractivity contribution >= 4 is 28.4 Å². The number of hydrogen-bond acceptors (Lipinski definition) is 2. The van der Waals surface area contributed by atoms with Gasteiger partial charge in [0.05, 0.1) is 0 Å². The number of carbonyl (C=O) groups excluding carboxylic acids is 2. The smallest absolute Gasteiger partial charge is 0.247 e. The van der Waals surface area contributed by atoms with Gasteiger partial charge >= 0.3 is 0 Å². The average Bonchev–Trinajstić information content (AvgIpc) is 3.03. The van der Waals surface area contributed by atoms with Crippen molar-refractivity contribution in [1.82, 2.24) is 10.3 Å². The highest BCUT2D eigenvalue weighted by atomic mass is 16.2. The summed E-state index contributed by atoms with van der Waals surface area (Å²) >= 11 is 0. The lowest BCUT2D eigenvalue weighted by atomic mass is 9.87. The number of benzene rings is 2. The first kappa shape index (κ1) is 19.7. The Kier molecular flexibility index (Phi) is 5.54. The summed E-state index contributed by atoms with van der Waals surface area (Å²) in [6.45, 7) is 7.87. The van der Waals surface area contributed by atoms with Crippen LogP contribution in [0, 0.1) is 0 Å². The van der Waals surface area contributed by atoms with Gasteiger partial charge in [0.1, 0.15) is 6.04 Å². The quantitative estimate of drug-likeness (QED) is 0.625. The van der Waals surface area contributed by atoms with Crippen LogP contribution in [0.1, 0.15) is 38.8 Å². The van der Waals surface area contributed by atoms with E-state index >= 15 is 0 Å². The molecule has 146 valence electrons. The third kappa shape index (κ3) is 4.60. The van der Waals surface area contributed by atoms with Crippen molar-refractivity contribution in [3.05, 3.63) is 65.9 Å². The summed E-state index contributed by atoms with van der Waals surface area (Å²) in [5.41, 5.74) is 3.97. The fraction of sp³-hybridized carbons (Fsp3) is 0.304. The molecule has 0 aliphatic rings. The Balaban J connectivity index is 1.77. The maximum atomic E-state index is 12.9. The largest absolute Gasteiger partial charge is 0.361 e. The SMILES string of the molecule is CC(=O)NC(Cc1c[nH]c2ccccc12)C(=O)Nc1ccc(C(C)(C)C)cc1. The van der Waals surface area contributed by atoms with Gasteiger partial charge in [0.2, 0.25) is 11.8 Å². The minimum Gasteiger partial charge on any atom is -0.361 e. The van der Waals surface area contributed by atoms with Crippen molar-refractivity contribution in [2.75, 3.05) is 5.32 Å². The molecule has 1 aromatic heterocycles. The Morgan fingerprint density at radius 2 is 1.71 bits per heavy atom. The summed E-state index contributed by atoms with van der Waals surface area (Å²) in [5, 5.41) is 6.75. The first-order chi connectivity index (χ1) is 13.2. The van der Waals surface area contributed by atoms with Crippen LogP contribution in [0.15, 0.2) is 54.7 Å². The van der Waals surface area contributed by atoms with E-state index in [9.17, 15) is 9.59 Å². The summed E-state index contributed by atoms with van der Waals surface area (Å²) in [4.78, 5) is 27.7. The number of carbonyl (C=O) groups is 2. The third-order valence-electron chi connectivity index (χ3n) is 4.81. The molecule has 0 saturated heterocycles. The molecule has 5 nitrogen and oxygen atoms in total. The van der Waals surface area contributed by atoms with Crippen LogP contribution in [0.2, 0.25) is 0 Å². The van der Waals surface area contributed by atoms with E-state index in [-0.39, 0.29) is 17.2 Å². The summed E-state index contributed by atoms with van der Waals surface area (Å²) < 4.78 is 0. The number of H-pyrrole nitrogens is 1. The highest BCUT2D eigenvalue weighted by Crippen LogP contribution is 2.24. The second-order valence-electron chi connectivity index (χ2n) is 8.13. The molecule has 0 saturated carbocycles. The van der Waals surface area contributed by atoms with Gasteiger partial charge in [-0.3, -0.25) is 9.59 Å². The van der Waals surface area contributed by atoms with Crippen LogP contribution in [0.3, 0.4) is 0 Å². The molecule has 2 amide bonds. The maximum absolute atomic E-state index is 12.9. The normalized spacial score (nSPS) is 12.6. The molecular weight excluding hydrogens is 350 g/mol. The molecule has 28 heavy (non-hydrogen) atoms. The molecule has 1 unspecified atom stereocenters. The Morgan fingerprint density at radius 1 is 1.04 bits per heavy atom. The van der Waals surface area contributed by atoms with Gasteiger partial charge < -0.3 is 15.6 Å².